The zero-order valence-electron chi connectivity index (χ0n) is 14.6. The van der Waals surface area contributed by atoms with Crippen LogP contribution in [0.15, 0.2) is 0 Å². The molecule has 0 aliphatic carbocycles. The molecule has 1 heterocycles. The van der Waals surface area contributed by atoms with Crippen LogP contribution in [0.3, 0.4) is 0 Å². The van der Waals surface area contributed by atoms with Gasteiger partial charge in [-0.1, -0.05) is 0 Å². The number of carbonyl (C=O) groups is 3. The van der Waals surface area contributed by atoms with Gasteiger partial charge < -0.3 is 15.0 Å². The quantitative estimate of drug-likeness (QED) is 0.799. The van der Waals surface area contributed by atoms with Crippen molar-refractivity contribution in [1.29, 1.82) is 0 Å². The van der Waals surface area contributed by atoms with Gasteiger partial charge in [0.2, 0.25) is 5.91 Å². The number of hydrogen-bond donors (Lipinski definition) is 2. The van der Waals surface area contributed by atoms with Crippen LogP contribution in [0, 0.1) is 0 Å². The van der Waals surface area contributed by atoms with E-state index in [1.807, 2.05) is 32.6 Å². The lowest BCUT2D eigenvalue weighted by Crippen LogP contribution is -2.56. The average molecular weight is 328 g/mol. The number of nitrogens with zero attached hydrogens (tertiary/aromatic N) is 2. The summed E-state index contributed by atoms with van der Waals surface area (Å²) in [6, 6.07) is -0.478. The average Bonchev–Trinajstić information content (AvgIpc) is 2.39. The number of amides is 4. The molecule has 0 spiro atoms. The summed E-state index contributed by atoms with van der Waals surface area (Å²) in [7, 11) is 0. The standard InChI is InChI=1S/C15H28N4O4/c1-6-16-13(21)17-12(20)10-18-7-8-19(9-11(18)2)14(22)23-15(3,4)5/h11H,6-10H2,1-5H3,(H2,16,17,20,21)/t11-/m0/s1. The molecule has 1 fully saturated rings. The van der Waals surface area contributed by atoms with Gasteiger partial charge in [-0.2, -0.15) is 0 Å². The summed E-state index contributed by atoms with van der Waals surface area (Å²) < 4.78 is 5.36. The summed E-state index contributed by atoms with van der Waals surface area (Å²) in [4.78, 5) is 38.8. The Bertz CT molecular complexity index is 447. The highest BCUT2D eigenvalue weighted by atomic mass is 16.6. The lowest BCUT2D eigenvalue weighted by atomic mass is 10.2. The molecule has 1 aliphatic heterocycles. The molecular formula is C15H28N4O4. The van der Waals surface area contributed by atoms with Crippen molar-refractivity contribution in [2.45, 2.75) is 46.3 Å². The van der Waals surface area contributed by atoms with Gasteiger partial charge in [0.05, 0.1) is 6.54 Å². The molecule has 1 rings (SSSR count). The van der Waals surface area contributed by atoms with Crippen molar-refractivity contribution in [3.05, 3.63) is 0 Å². The third-order valence-corrected chi connectivity index (χ3v) is 3.35. The first kappa shape index (κ1) is 19.2. The molecule has 0 radical (unpaired) electrons. The van der Waals surface area contributed by atoms with Crippen LogP contribution >= 0.6 is 0 Å². The molecule has 1 aliphatic rings. The van der Waals surface area contributed by atoms with Crippen LogP contribution in [0.4, 0.5) is 9.59 Å². The van der Waals surface area contributed by atoms with Crippen LogP contribution in [0.1, 0.15) is 34.6 Å². The molecule has 0 aromatic carbocycles. The largest absolute Gasteiger partial charge is 0.444 e. The second-order valence-corrected chi connectivity index (χ2v) is 6.65. The summed E-state index contributed by atoms with van der Waals surface area (Å²) in [5, 5.41) is 4.79. The highest BCUT2D eigenvalue weighted by molar-refractivity contribution is 5.95. The molecule has 1 atom stereocenters. The highest BCUT2D eigenvalue weighted by Gasteiger charge is 2.30. The van der Waals surface area contributed by atoms with Crippen LogP contribution in [-0.4, -0.2) is 72.2 Å². The van der Waals surface area contributed by atoms with Gasteiger partial charge in [0.15, 0.2) is 0 Å². The van der Waals surface area contributed by atoms with E-state index in [-0.39, 0.29) is 24.6 Å². The molecular weight excluding hydrogens is 300 g/mol. The zero-order chi connectivity index (χ0) is 17.6. The number of urea groups is 1. The van der Waals surface area contributed by atoms with Crippen molar-refractivity contribution in [3.63, 3.8) is 0 Å². The van der Waals surface area contributed by atoms with Crippen molar-refractivity contribution in [2.24, 2.45) is 0 Å². The smallest absolute Gasteiger partial charge is 0.410 e. The monoisotopic (exact) mass is 328 g/mol. The first-order valence-electron chi connectivity index (χ1n) is 7.92. The third kappa shape index (κ3) is 6.85. The fraction of sp³-hybridized carbons (Fsp3) is 0.800. The molecule has 132 valence electrons. The molecule has 0 bridgehead atoms. The van der Waals surface area contributed by atoms with Gasteiger partial charge >= 0.3 is 12.1 Å². The Kier molecular flexibility index (Phi) is 6.80. The molecule has 0 aromatic heterocycles. The summed E-state index contributed by atoms with van der Waals surface area (Å²) in [5.74, 6) is -0.353. The maximum Gasteiger partial charge on any atom is 0.410 e. The van der Waals surface area contributed by atoms with E-state index in [0.29, 0.717) is 26.2 Å². The number of piperazine rings is 1. The fourth-order valence-electron chi connectivity index (χ4n) is 2.28. The Labute approximate surface area is 137 Å². The van der Waals surface area contributed by atoms with Crippen LogP contribution in [-0.2, 0) is 9.53 Å². The van der Waals surface area contributed by atoms with Gasteiger partial charge in [-0.25, -0.2) is 9.59 Å². The normalized spacial score (nSPS) is 19.2. The van der Waals surface area contributed by atoms with Gasteiger partial charge in [0.25, 0.3) is 0 Å². The molecule has 0 unspecified atom stereocenters. The predicted molar refractivity (Wildman–Crippen MR) is 86.1 cm³/mol. The van der Waals surface area contributed by atoms with E-state index in [9.17, 15) is 14.4 Å². The Balaban J connectivity index is 2.45. The van der Waals surface area contributed by atoms with E-state index >= 15 is 0 Å². The lowest BCUT2D eigenvalue weighted by molar-refractivity contribution is -0.122. The molecule has 4 amide bonds. The first-order valence-corrected chi connectivity index (χ1v) is 7.92. The van der Waals surface area contributed by atoms with E-state index in [1.54, 1.807) is 11.8 Å². The van der Waals surface area contributed by atoms with Crippen molar-refractivity contribution in [2.75, 3.05) is 32.7 Å². The Morgan fingerprint density at radius 2 is 1.87 bits per heavy atom. The van der Waals surface area contributed by atoms with Crippen LogP contribution < -0.4 is 10.6 Å². The van der Waals surface area contributed by atoms with Gasteiger partial charge in [-0.05, 0) is 34.6 Å². The zero-order valence-corrected chi connectivity index (χ0v) is 14.6. The Hall–Kier alpha value is -1.83. The van der Waals surface area contributed by atoms with Crippen molar-refractivity contribution < 1.29 is 19.1 Å². The molecule has 8 heteroatoms. The number of rotatable bonds is 3. The minimum Gasteiger partial charge on any atom is -0.444 e. The van der Waals surface area contributed by atoms with E-state index < -0.39 is 11.6 Å². The number of imide groups is 1. The number of hydrogen-bond acceptors (Lipinski definition) is 5. The van der Waals surface area contributed by atoms with Gasteiger partial charge in [-0.15, -0.1) is 0 Å². The summed E-state index contributed by atoms with van der Waals surface area (Å²) >= 11 is 0. The fourth-order valence-corrected chi connectivity index (χ4v) is 2.28. The summed E-state index contributed by atoms with van der Waals surface area (Å²) in [6.07, 6.45) is -0.337. The van der Waals surface area contributed by atoms with Gasteiger partial charge in [0, 0.05) is 32.2 Å². The molecule has 8 nitrogen and oxygen atoms in total. The van der Waals surface area contributed by atoms with Gasteiger partial charge in [-0.3, -0.25) is 15.0 Å². The SMILES string of the molecule is CCNC(=O)NC(=O)CN1CCN(C(=O)OC(C)(C)C)C[C@@H]1C. The topological polar surface area (TPSA) is 91.0 Å². The molecule has 1 saturated heterocycles. The van der Waals surface area contributed by atoms with E-state index in [4.69, 9.17) is 4.74 Å². The van der Waals surface area contributed by atoms with E-state index in [1.165, 1.54) is 0 Å². The summed E-state index contributed by atoms with van der Waals surface area (Å²) in [6.45, 7) is 11.3. The molecule has 23 heavy (non-hydrogen) atoms. The van der Waals surface area contributed by atoms with Crippen LogP contribution in [0.25, 0.3) is 0 Å². The maximum absolute atomic E-state index is 12.1. The van der Waals surface area contributed by atoms with Crippen molar-refractivity contribution in [3.8, 4) is 0 Å². The molecule has 0 saturated carbocycles. The second kappa shape index (κ2) is 8.14. The molecule has 0 aromatic rings. The number of ether oxygens (including phenoxy) is 1. The van der Waals surface area contributed by atoms with Crippen molar-refractivity contribution >= 4 is 18.0 Å². The summed E-state index contributed by atoms with van der Waals surface area (Å²) in [5.41, 5.74) is -0.524. The van der Waals surface area contributed by atoms with Crippen molar-refractivity contribution in [1.82, 2.24) is 20.4 Å². The first-order chi connectivity index (χ1) is 10.6. The Morgan fingerprint density at radius 3 is 2.39 bits per heavy atom. The minimum absolute atomic E-state index is 0.0104. The highest BCUT2D eigenvalue weighted by Crippen LogP contribution is 2.14. The predicted octanol–water partition coefficient (Wildman–Crippen LogP) is 0.773. The van der Waals surface area contributed by atoms with Crippen LogP contribution in [0.5, 0.6) is 0 Å². The third-order valence-electron chi connectivity index (χ3n) is 3.35. The van der Waals surface area contributed by atoms with E-state index in [2.05, 4.69) is 10.6 Å². The minimum atomic E-state index is -0.524. The van der Waals surface area contributed by atoms with Crippen LogP contribution in [0.2, 0.25) is 0 Å². The van der Waals surface area contributed by atoms with E-state index in [0.717, 1.165) is 0 Å². The molecule has 2 N–H and O–H groups in total. The van der Waals surface area contributed by atoms with Gasteiger partial charge in [0.1, 0.15) is 5.60 Å². The second-order valence-electron chi connectivity index (χ2n) is 6.65. The Morgan fingerprint density at radius 1 is 1.22 bits per heavy atom. The number of carbonyl (C=O) groups excluding carboxylic acids is 3. The lowest BCUT2D eigenvalue weighted by Gasteiger charge is -2.39. The maximum atomic E-state index is 12.1. The number of nitrogens with one attached hydrogen (secondary N) is 2.